The zero-order valence-electron chi connectivity index (χ0n) is 20.3. The summed E-state index contributed by atoms with van der Waals surface area (Å²) >= 11 is 1.74. The molecule has 7 heteroatoms. The van der Waals surface area contributed by atoms with Crippen LogP contribution in [0.2, 0.25) is 0 Å². The van der Waals surface area contributed by atoms with Gasteiger partial charge >= 0.3 is 0 Å². The summed E-state index contributed by atoms with van der Waals surface area (Å²) in [5, 5.41) is 11.6. The summed E-state index contributed by atoms with van der Waals surface area (Å²) in [6.45, 7) is 4.39. The molecule has 3 N–H and O–H groups in total. The van der Waals surface area contributed by atoms with Crippen LogP contribution in [0.5, 0.6) is 5.75 Å². The van der Waals surface area contributed by atoms with E-state index in [0.29, 0.717) is 30.0 Å². The lowest BCUT2D eigenvalue weighted by atomic mass is 9.98. The van der Waals surface area contributed by atoms with Crippen LogP contribution in [0.25, 0.3) is 10.4 Å². The van der Waals surface area contributed by atoms with Crippen molar-refractivity contribution in [1.29, 1.82) is 0 Å². The molecular weight excluding hydrogens is 456 g/mol. The second-order valence-electron chi connectivity index (χ2n) is 9.91. The molecular formula is C28H32N4O2S. The summed E-state index contributed by atoms with van der Waals surface area (Å²) in [5.74, 6) is 7.90. The number of ether oxygens (including phenoxy) is 1. The van der Waals surface area contributed by atoms with Crippen LogP contribution in [0, 0.1) is 17.8 Å². The highest BCUT2D eigenvalue weighted by Crippen LogP contribution is 2.39. The second kappa shape index (κ2) is 9.98. The van der Waals surface area contributed by atoms with Crippen molar-refractivity contribution >= 4 is 17.2 Å². The first kappa shape index (κ1) is 23.8. The maximum absolute atomic E-state index is 10.4. The van der Waals surface area contributed by atoms with Gasteiger partial charge in [0.15, 0.2) is 11.6 Å². The van der Waals surface area contributed by atoms with Crippen molar-refractivity contribution in [2.24, 2.45) is 5.92 Å². The van der Waals surface area contributed by atoms with Crippen LogP contribution >= 0.6 is 11.3 Å². The minimum atomic E-state index is -0.920. The first-order valence-electron chi connectivity index (χ1n) is 12.2. The van der Waals surface area contributed by atoms with E-state index in [1.807, 2.05) is 36.5 Å². The van der Waals surface area contributed by atoms with Crippen LogP contribution in [-0.2, 0) is 6.61 Å². The molecule has 1 aliphatic heterocycles. The predicted octanol–water partition coefficient (Wildman–Crippen LogP) is 4.69. The Hall–Kier alpha value is -2.92. The number of nitrogen functional groups attached to an aromatic ring is 1. The normalized spacial score (nSPS) is 18.5. The van der Waals surface area contributed by atoms with Crippen LogP contribution in [0.4, 0.5) is 5.82 Å². The van der Waals surface area contributed by atoms with Crippen molar-refractivity contribution in [3.05, 3.63) is 58.9 Å². The highest BCUT2D eigenvalue weighted by Gasteiger charge is 2.38. The topological polar surface area (TPSA) is 84.5 Å². The standard InChI is InChI=1S/C28H32N4O2S/c1-28(33,23-6-7-23)11-8-19-4-3-5-20(14-19)18-34-24-15-22(16-30-26(24)29)25-17-31-27(35-25)21-9-12-32(2)13-10-21/h3-5,14-17,21,23,33H,6-7,9-10,12-13,18H2,1-2H3,(H2,29,30). The molecule has 1 saturated heterocycles. The number of hydrogen-bond donors (Lipinski definition) is 2. The molecule has 1 saturated carbocycles. The molecule has 3 aromatic rings. The molecule has 2 aromatic heterocycles. The lowest BCUT2D eigenvalue weighted by Gasteiger charge is -2.27. The SMILES string of the molecule is CN1CCC(c2ncc(-c3cnc(N)c(OCc4cccc(C#CC(C)(O)C5CC5)c4)c3)s2)CC1. The molecule has 1 unspecified atom stereocenters. The molecule has 0 radical (unpaired) electrons. The fraction of sp³-hybridized carbons (Fsp3) is 0.429. The molecule has 0 bridgehead atoms. The van der Waals surface area contributed by atoms with Gasteiger partial charge < -0.3 is 20.5 Å². The average molecular weight is 489 g/mol. The minimum Gasteiger partial charge on any atom is -0.485 e. The molecule has 1 atom stereocenters. The number of nitrogens with zero attached hydrogens (tertiary/aromatic N) is 3. The highest BCUT2D eigenvalue weighted by molar-refractivity contribution is 7.15. The van der Waals surface area contributed by atoms with Gasteiger partial charge in [-0.25, -0.2) is 9.97 Å². The number of rotatable bonds is 6. The number of piperidine rings is 1. The Kier molecular flexibility index (Phi) is 6.79. The number of nitrogens with two attached hydrogens (primary N) is 1. The maximum atomic E-state index is 10.4. The van der Waals surface area contributed by atoms with Crippen molar-refractivity contribution in [2.75, 3.05) is 25.9 Å². The Morgan fingerprint density at radius 3 is 2.74 bits per heavy atom. The van der Waals surface area contributed by atoms with Gasteiger partial charge in [0, 0.05) is 29.4 Å². The first-order valence-corrected chi connectivity index (χ1v) is 13.1. The molecule has 2 fully saturated rings. The largest absolute Gasteiger partial charge is 0.485 e. The third-order valence-corrected chi connectivity index (χ3v) is 8.12. The van der Waals surface area contributed by atoms with Crippen molar-refractivity contribution in [2.45, 2.75) is 50.7 Å². The summed E-state index contributed by atoms with van der Waals surface area (Å²) < 4.78 is 6.06. The number of pyridine rings is 1. The molecule has 1 aromatic carbocycles. The van der Waals surface area contributed by atoms with Crippen LogP contribution in [0.3, 0.4) is 0 Å². The van der Waals surface area contributed by atoms with E-state index in [0.717, 1.165) is 60.3 Å². The molecule has 5 rings (SSSR count). The Bertz CT molecular complexity index is 1250. The Balaban J connectivity index is 1.26. The summed E-state index contributed by atoms with van der Waals surface area (Å²) in [4.78, 5) is 12.5. The van der Waals surface area contributed by atoms with E-state index in [9.17, 15) is 5.11 Å². The lowest BCUT2D eigenvalue weighted by Crippen LogP contribution is -2.29. The summed E-state index contributed by atoms with van der Waals surface area (Å²) in [6, 6.07) is 9.83. The van der Waals surface area contributed by atoms with Gasteiger partial charge in [0.2, 0.25) is 0 Å². The van der Waals surface area contributed by atoms with E-state index >= 15 is 0 Å². The van der Waals surface area contributed by atoms with Crippen LogP contribution in [-0.4, -0.2) is 45.7 Å². The molecule has 2 aliphatic rings. The monoisotopic (exact) mass is 488 g/mol. The van der Waals surface area contributed by atoms with Crippen LogP contribution < -0.4 is 10.5 Å². The predicted molar refractivity (Wildman–Crippen MR) is 140 cm³/mol. The third-order valence-electron chi connectivity index (χ3n) is 6.91. The van der Waals surface area contributed by atoms with Crippen molar-refractivity contribution in [1.82, 2.24) is 14.9 Å². The zero-order chi connectivity index (χ0) is 24.4. The van der Waals surface area contributed by atoms with E-state index in [-0.39, 0.29) is 0 Å². The van der Waals surface area contributed by atoms with E-state index < -0.39 is 5.60 Å². The number of benzene rings is 1. The fourth-order valence-corrected chi connectivity index (χ4v) is 5.49. The second-order valence-corrected chi connectivity index (χ2v) is 11.0. The van der Waals surface area contributed by atoms with E-state index in [1.165, 1.54) is 5.01 Å². The van der Waals surface area contributed by atoms with Crippen molar-refractivity contribution in [3.63, 3.8) is 0 Å². The van der Waals surface area contributed by atoms with Gasteiger partial charge in [-0.2, -0.15) is 0 Å². The summed E-state index contributed by atoms with van der Waals surface area (Å²) in [7, 11) is 2.18. The molecule has 35 heavy (non-hydrogen) atoms. The molecule has 0 amide bonds. The quantitative estimate of drug-likeness (QED) is 0.490. The van der Waals surface area contributed by atoms with E-state index in [2.05, 4.69) is 28.8 Å². The lowest BCUT2D eigenvalue weighted by molar-refractivity contribution is 0.0980. The Labute approximate surface area is 211 Å². The third kappa shape index (κ3) is 5.84. The van der Waals surface area contributed by atoms with Gasteiger partial charge in [-0.15, -0.1) is 11.3 Å². The molecule has 0 spiro atoms. The molecule has 182 valence electrons. The Morgan fingerprint density at radius 2 is 1.97 bits per heavy atom. The molecule has 6 nitrogen and oxygen atoms in total. The number of thiazole rings is 1. The van der Waals surface area contributed by atoms with Crippen LogP contribution in [0.15, 0.2) is 42.7 Å². The van der Waals surface area contributed by atoms with Gasteiger partial charge in [-0.1, -0.05) is 24.0 Å². The van der Waals surface area contributed by atoms with Gasteiger partial charge in [-0.3, -0.25) is 0 Å². The van der Waals surface area contributed by atoms with Crippen molar-refractivity contribution < 1.29 is 9.84 Å². The number of hydrogen-bond acceptors (Lipinski definition) is 7. The van der Waals surface area contributed by atoms with Gasteiger partial charge in [-0.05, 0) is 82.4 Å². The zero-order valence-corrected chi connectivity index (χ0v) is 21.1. The van der Waals surface area contributed by atoms with Crippen LogP contribution in [0.1, 0.15) is 54.7 Å². The summed E-state index contributed by atoms with van der Waals surface area (Å²) in [5.41, 5.74) is 8.01. The van der Waals surface area contributed by atoms with Gasteiger partial charge in [0.25, 0.3) is 0 Å². The Morgan fingerprint density at radius 1 is 1.17 bits per heavy atom. The smallest absolute Gasteiger partial charge is 0.166 e. The molecule has 3 heterocycles. The van der Waals surface area contributed by atoms with E-state index in [4.69, 9.17) is 15.5 Å². The fourth-order valence-electron chi connectivity index (χ4n) is 4.42. The number of anilines is 1. The van der Waals surface area contributed by atoms with E-state index in [1.54, 1.807) is 24.5 Å². The number of aliphatic hydroxyl groups is 1. The number of likely N-dealkylation sites (tertiary alicyclic amines) is 1. The van der Waals surface area contributed by atoms with Gasteiger partial charge in [0.05, 0.1) is 9.88 Å². The van der Waals surface area contributed by atoms with Gasteiger partial charge in [0.1, 0.15) is 12.2 Å². The molecule has 1 aliphatic carbocycles. The number of aromatic nitrogens is 2. The maximum Gasteiger partial charge on any atom is 0.166 e. The highest BCUT2D eigenvalue weighted by atomic mass is 32.1. The first-order chi connectivity index (χ1) is 16.9. The van der Waals surface area contributed by atoms with Crippen molar-refractivity contribution in [3.8, 4) is 28.0 Å². The summed E-state index contributed by atoms with van der Waals surface area (Å²) in [6.07, 6.45) is 8.12. The average Bonchev–Trinajstić information content (AvgIpc) is 3.62. The minimum absolute atomic E-state index is 0.295.